The van der Waals surface area contributed by atoms with Gasteiger partial charge in [-0.1, -0.05) is 11.6 Å². The minimum atomic E-state index is -4.44. The van der Waals surface area contributed by atoms with Crippen LogP contribution in [0.4, 0.5) is 18.9 Å². The third-order valence-electron chi connectivity index (χ3n) is 2.89. The Balaban J connectivity index is 2.80. The lowest BCUT2D eigenvalue weighted by Crippen LogP contribution is -2.37. The summed E-state index contributed by atoms with van der Waals surface area (Å²) in [5.41, 5.74) is -0.721. The van der Waals surface area contributed by atoms with E-state index in [0.29, 0.717) is 0 Å². The number of likely N-dealkylation sites (N-methyl/N-ethyl adjacent to an activating group) is 1. The average molecular weight is 309 g/mol. The van der Waals surface area contributed by atoms with Crippen LogP contribution < -0.4 is 5.32 Å². The number of benzene rings is 1. The van der Waals surface area contributed by atoms with E-state index in [-0.39, 0.29) is 29.2 Å². The van der Waals surface area contributed by atoms with Gasteiger partial charge in [-0.2, -0.15) is 13.2 Å². The maximum absolute atomic E-state index is 12.6. The van der Waals surface area contributed by atoms with Crippen LogP contribution in [0, 0.1) is 0 Å². The molecule has 0 bridgehead atoms. The lowest BCUT2D eigenvalue weighted by molar-refractivity contribution is -0.137. The van der Waals surface area contributed by atoms with Crippen molar-refractivity contribution in [3.05, 3.63) is 28.8 Å². The molecule has 0 aliphatic heterocycles. The van der Waals surface area contributed by atoms with E-state index in [4.69, 9.17) is 11.6 Å². The van der Waals surface area contributed by atoms with Crippen molar-refractivity contribution in [1.29, 1.82) is 0 Å². The number of amides is 1. The molecule has 0 unspecified atom stereocenters. The molecule has 0 saturated heterocycles. The Morgan fingerprint density at radius 3 is 2.50 bits per heavy atom. The number of halogens is 4. The Morgan fingerprint density at radius 2 is 2.00 bits per heavy atom. The first-order valence-corrected chi connectivity index (χ1v) is 6.37. The molecule has 7 heteroatoms. The van der Waals surface area contributed by atoms with E-state index in [2.05, 4.69) is 5.32 Å². The second-order valence-electron chi connectivity index (χ2n) is 4.64. The molecule has 1 aromatic rings. The molecule has 0 radical (unpaired) electrons. The van der Waals surface area contributed by atoms with Gasteiger partial charge < -0.3 is 10.2 Å². The van der Waals surface area contributed by atoms with E-state index in [9.17, 15) is 18.0 Å². The zero-order valence-electron chi connectivity index (χ0n) is 11.4. The van der Waals surface area contributed by atoms with E-state index in [1.807, 2.05) is 13.8 Å². The summed E-state index contributed by atoms with van der Waals surface area (Å²) in [5.74, 6) is -0.228. The predicted octanol–water partition coefficient (Wildman–Crippen LogP) is 3.64. The summed E-state index contributed by atoms with van der Waals surface area (Å²) < 4.78 is 37.8. The summed E-state index contributed by atoms with van der Waals surface area (Å²) in [4.78, 5) is 13.2. The molecular formula is C13H16ClF3N2O. The molecule has 1 rings (SSSR count). The number of anilines is 1. The summed E-state index contributed by atoms with van der Waals surface area (Å²) in [5, 5.41) is 2.77. The smallest absolute Gasteiger partial charge is 0.375 e. The van der Waals surface area contributed by atoms with E-state index < -0.39 is 11.7 Å². The summed E-state index contributed by atoms with van der Waals surface area (Å²) >= 11 is 5.82. The van der Waals surface area contributed by atoms with Gasteiger partial charge in [0.05, 0.1) is 22.8 Å². The maximum atomic E-state index is 12.6. The minimum Gasteiger partial charge on any atom is -0.375 e. The highest BCUT2D eigenvalue weighted by molar-refractivity contribution is 6.33. The molecule has 0 aromatic heterocycles. The molecule has 0 saturated carbocycles. The fourth-order valence-corrected chi connectivity index (χ4v) is 1.60. The third kappa shape index (κ3) is 4.30. The Labute approximate surface area is 120 Å². The van der Waals surface area contributed by atoms with Gasteiger partial charge in [0.25, 0.3) is 0 Å². The number of nitrogens with one attached hydrogen (secondary N) is 1. The highest BCUT2D eigenvalue weighted by Gasteiger charge is 2.31. The topological polar surface area (TPSA) is 32.3 Å². The summed E-state index contributed by atoms with van der Waals surface area (Å²) in [6.07, 6.45) is -4.44. The highest BCUT2D eigenvalue weighted by Crippen LogP contribution is 2.33. The Kier molecular flexibility index (Phi) is 5.28. The van der Waals surface area contributed by atoms with Crippen LogP contribution in [0.3, 0.4) is 0 Å². The van der Waals surface area contributed by atoms with Gasteiger partial charge in [-0.25, -0.2) is 0 Å². The largest absolute Gasteiger partial charge is 0.416 e. The molecule has 0 aliphatic rings. The van der Waals surface area contributed by atoms with E-state index >= 15 is 0 Å². The van der Waals surface area contributed by atoms with E-state index in [0.717, 1.165) is 18.2 Å². The normalized spacial score (nSPS) is 11.6. The monoisotopic (exact) mass is 308 g/mol. The van der Waals surface area contributed by atoms with Crippen LogP contribution >= 0.6 is 11.6 Å². The van der Waals surface area contributed by atoms with Crippen molar-refractivity contribution < 1.29 is 18.0 Å². The number of carbonyl (C=O) groups excluding carboxylic acids is 1. The Hall–Kier alpha value is -1.43. The van der Waals surface area contributed by atoms with Crippen LogP contribution in [0.1, 0.15) is 19.4 Å². The quantitative estimate of drug-likeness (QED) is 0.921. The molecule has 0 atom stereocenters. The van der Waals surface area contributed by atoms with Crippen molar-refractivity contribution in [3.63, 3.8) is 0 Å². The summed E-state index contributed by atoms with van der Waals surface area (Å²) in [7, 11) is 1.63. The second kappa shape index (κ2) is 6.35. The fourth-order valence-electron chi connectivity index (χ4n) is 1.42. The maximum Gasteiger partial charge on any atom is 0.416 e. The minimum absolute atomic E-state index is 0.0151. The van der Waals surface area contributed by atoms with Crippen LogP contribution in [-0.2, 0) is 11.0 Å². The van der Waals surface area contributed by atoms with Crippen molar-refractivity contribution in [3.8, 4) is 0 Å². The zero-order chi connectivity index (χ0) is 15.5. The molecule has 0 aliphatic carbocycles. The number of hydrogen-bond donors (Lipinski definition) is 1. The SMILES string of the molecule is CC(C)N(C)C(=O)CNc1cc(C(F)(F)F)ccc1Cl. The average Bonchev–Trinajstić information content (AvgIpc) is 2.34. The van der Waals surface area contributed by atoms with E-state index in [1.54, 1.807) is 7.05 Å². The van der Waals surface area contributed by atoms with Crippen molar-refractivity contribution in [2.75, 3.05) is 18.9 Å². The molecule has 0 heterocycles. The van der Waals surface area contributed by atoms with Crippen LogP contribution in [0.15, 0.2) is 18.2 Å². The first kappa shape index (κ1) is 16.6. The number of hydrogen-bond acceptors (Lipinski definition) is 2. The first-order valence-electron chi connectivity index (χ1n) is 5.99. The molecule has 3 nitrogen and oxygen atoms in total. The molecule has 20 heavy (non-hydrogen) atoms. The Bertz CT molecular complexity index is 489. The van der Waals surface area contributed by atoms with Crippen molar-refractivity contribution in [2.24, 2.45) is 0 Å². The Morgan fingerprint density at radius 1 is 1.40 bits per heavy atom. The molecule has 112 valence electrons. The molecule has 1 N–H and O–H groups in total. The number of nitrogens with zero attached hydrogens (tertiary/aromatic N) is 1. The predicted molar refractivity (Wildman–Crippen MR) is 72.8 cm³/mol. The van der Waals surface area contributed by atoms with Gasteiger partial charge >= 0.3 is 6.18 Å². The fraction of sp³-hybridized carbons (Fsp3) is 0.462. The summed E-state index contributed by atoms with van der Waals surface area (Å²) in [6.45, 7) is 3.57. The van der Waals surface area contributed by atoms with E-state index in [1.165, 1.54) is 4.90 Å². The number of rotatable bonds is 4. The zero-order valence-corrected chi connectivity index (χ0v) is 12.1. The van der Waals surface area contributed by atoms with Crippen LogP contribution in [0.25, 0.3) is 0 Å². The molecule has 0 spiro atoms. The third-order valence-corrected chi connectivity index (χ3v) is 3.22. The van der Waals surface area contributed by atoms with Crippen LogP contribution in [-0.4, -0.2) is 30.4 Å². The van der Waals surface area contributed by atoms with Gasteiger partial charge in [0.1, 0.15) is 0 Å². The molecule has 0 fully saturated rings. The summed E-state index contributed by atoms with van der Waals surface area (Å²) in [6, 6.07) is 2.96. The second-order valence-corrected chi connectivity index (χ2v) is 5.05. The molecule has 1 amide bonds. The molecule has 1 aromatic carbocycles. The molecular weight excluding hydrogens is 293 g/mol. The van der Waals surface area contributed by atoms with Gasteiger partial charge in [-0.05, 0) is 32.0 Å². The first-order chi connectivity index (χ1) is 9.12. The van der Waals surface area contributed by atoms with Crippen molar-refractivity contribution >= 4 is 23.2 Å². The standard InChI is InChI=1S/C13H16ClF3N2O/c1-8(2)19(3)12(20)7-18-11-6-9(13(15,16)17)4-5-10(11)14/h4-6,8,18H,7H2,1-3H3. The lowest BCUT2D eigenvalue weighted by Gasteiger charge is -2.22. The highest BCUT2D eigenvalue weighted by atomic mass is 35.5. The number of carbonyl (C=O) groups is 1. The van der Waals surface area contributed by atoms with Gasteiger partial charge in [0.15, 0.2) is 0 Å². The lowest BCUT2D eigenvalue weighted by atomic mass is 10.2. The van der Waals surface area contributed by atoms with Gasteiger partial charge in [0, 0.05) is 13.1 Å². The van der Waals surface area contributed by atoms with Crippen LogP contribution in [0.5, 0.6) is 0 Å². The number of alkyl halides is 3. The van der Waals surface area contributed by atoms with Crippen molar-refractivity contribution in [2.45, 2.75) is 26.1 Å². The van der Waals surface area contributed by atoms with Crippen LogP contribution in [0.2, 0.25) is 5.02 Å². The van der Waals surface area contributed by atoms with Crippen molar-refractivity contribution in [1.82, 2.24) is 4.90 Å². The van der Waals surface area contributed by atoms with Gasteiger partial charge in [-0.15, -0.1) is 0 Å². The van der Waals surface area contributed by atoms with Gasteiger partial charge in [0.2, 0.25) is 5.91 Å². The van der Waals surface area contributed by atoms with Gasteiger partial charge in [-0.3, -0.25) is 4.79 Å².